The quantitative estimate of drug-likeness (QED) is 0.247. The van der Waals surface area contributed by atoms with Crippen LogP contribution in [-0.4, -0.2) is 11.2 Å². The Morgan fingerprint density at radius 2 is 1.14 bits per heavy atom. The van der Waals surface area contributed by atoms with Gasteiger partial charge < -0.3 is 5.11 Å². The first kappa shape index (κ1) is 24.5. The van der Waals surface area contributed by atoms with E-state index in [1.54, 1.807) is 0 Å². The fourth-order valence-electron chi connectivity index (χ4n) is 3.84. The van der Waals surface area contributed by atoms with Crippen molar-refractivity contribution in [3.05, 3.63) is 29.8 Å². The van der Waals surface area contributed by atoms with Crippen LogP contribution in [0.4, 0.5) is 10.5 Å². The van der Waals surface area contributed by atoms with Gasteiger partial charge in [-0.1, -0.05) is 121 Å². The standard InChI is InChI=1S/C25H43NO2/c1-2-3-4-5-6-7-8-9-10-11-12-13-14-15-16-17-20-23-21-18-19-22-24(23)26-25(27)28/h18-19,21-22,26H,2-17,20H2,1H3,(H,27,28). The van der Waals surface area contributed by atoms with Crippen LogP contribution in [0.1, 0.15) is 115 Å². The lowest BCUT2D eigenvalue weighted by Crippen LogP contribution is -2.09. The second-order valence-electron chi connectivity index (χ2n) is 8.14. The number of carboxylic acid groups (broad SMARTS) is 1. The van der Waals surface area contributed by atoms with E-state index in [4.69, 9.17) is 5.11 Å². The Bertz CT molecular complexity index is 501. The maximum absolute atomic E-state index is 10.8. The Labute approximate surface area is 173 Å². The topological polar surface area (TPSA) is 49.3 Å². The van der Waals surface area contributed by atoms with Crippen molar-refractivity contribution < 1.29 is 9.90 Å². The van der Waals surface area contributed by atoms with E-state index in [1.165, 1.54) is 96.3 Å². The van der Waals surface area contributed by atoms with Gasteiger partial charge in [0.2, 0.25) is 0 Å². The van der Waals surface area contributed by atoms with Crippen LogP contribution in [0.2, 0.25) is 0 Å². The normalized spacial score (nSPS) is 10.9. The third kappa shape index (κ3) is 13.6. The number of carbonyl (C=O) groups is 1. The highest BCUT2D eigenvalue weighted by Gasteiger charge is 2.04. The molecule has 0 spiro atoms. The monoisotopic (exact) mass is 389 g/mol. The molecule has 3 nitrogen and oxygen atoms in total. The Kier molecular flexibility index (Phi) is 15.4. The minimum absolute atomic E-state index is 0.732. The first-order valence-electron chi connectivity index (χ1n) is 11.8. The summed E-state index contributed by atoms with van der Waals surface area (Å²) in [5.41, 5.74) is 1.84. The molecule has 0 saturated carbocycles. The zero-order chi connectivity index (χ0) is 20.3. The third-order valence-electron chi connectivity index (χ3n) is 5.56. The molecule has 0 aromatic heterocycles. The molecule has 0 bridgehead atoms. The molecular weight excluding hydrogens is 346 g/mol. The summed E-state index contributed by atoms with van der Waals surface area (Å²) in [7, 11) is 0. The molecule has 0 radical (unpaired) electrons. The van der Waals surface area contributed by atoms with E-state index < -0.39 is 6.09 Å². The first-order valence-corrected chi connectivity index (χ1v) is 11.8. The molecule has 0 aliphatic carbocycles. The predicted octanol–water partition coefficient (Wildman–Crippen LogP) is 8.58. The van der Waals surface area contributed by atoms with Gasteiger partial charge in [-0.05, 0) is 24.5 Å². The van der Waals surface area contributed by atoms with E-state index in [0.29, 0.717) is 0 Å². The summed E-state index contributed by atoms with van der Waals surface area (Å²) in [6.45, 7) is 2.28. The van der Waals surface area contributed by atoms with Crippen molar-refractivity contribution in [2.24, 2.45) is 0 Å². The first-order chi connectivity index (χ1) is 13.7. The van der Waals surface area contributed by atoms with Gasteiger partial charge in [0, 0.05) is 5.69 Å². The van der Waals surface area contributed by atoms with Crippen LogP contribution in [-0.2, 0) is 6.42 Å². The largest absolute Gasteiger partial charge is 0.465 e. The molecule has 0 atom stereocenters. The van der Waals surface area contributed by atoms with Gasteiger partial charge >= 0.3 is 6.09 Å². The summed E-state index contributed by atoms with van der Waals surface area (Å²) in [5, 5.41) is 11.4. The van der Waals surface area contributed by atoms with Crippen molar-refractivity contribution in [2.75, 3.05) is 5.32 Å². The maximum Gasteiger partial charge on any atom is 0.409 e. The lowest BCUT2D eigenvalue weighted by molar-refractivity contribution is 0.209. The van der Waals surface area contributed by atoms with Crippen LogP contribution in [0.25, 0.3) is 0 Å². The van der Waals surface area contributed by atoms with Crippen molar-refractivity contribution in [1.82, 2.24) is 0 Å². The lowest BCUT2D eigenvalue weighted by atomic mass is 10.0. The summed E-state index contributed by atoms with van der Waals surface area (Å²) < 4.78 is 0. The Balaban J connectivity index is 1.88. The minimum Gasteiger partial charge on any atom is -0.465 e. The molecule has 0 aliphatic heterocycles. The summed E-state index contributed by atoms with van der Waals surface area (Å²) in [5.74, 6) is 0. The highest BCUT2D eigenvalue weighted by Crippen LogP contribution is 2.19. The van der Waals surface area contributed by atoms with Crippen molar-refractivity contribution in [3.63, 3.8) is 0 Å². The maximum atomic E-state index is 10.8. The summed E-state index contributed by atoms with van der Waals surface area (Å²) in [4.78, 5) is 10.8. The van der Waals surface area contributed by atoms with Crippen molar-refractivity contribution in [1.29, 1.82) is 0 Å². The molecule has 1 aromatic carbocycles. The SMILES string of the molecule is CCCCCCCCCCCCCCCCCCc1ccccc1NC(=O)O. The number of benzene rings is 1. The van der Waals surface area contributed by atoms with Crippen LogP contribution in [0.3, 0.4) is 0 Å². The summed E-state index contributed by atoms with van der Waals surface area (Å²) in [6, 6.07) is 7.73. The zero-order valence-electron chi connectivity index (χ0n) is 18.2. The molecule has 0 fully saturated rings. The van der Waals surface area contributed by atoms with Crippen LogP contribution in [0.5, 0.6) is 0 Å². The molecule has 0 unspecified atom stereocenters. The van der Waals surface area contributed by atoms with Crippen molar-refractivity contribution in [2.45, 2.75) is 116 Å². The molecule has 1 rings (SSSR count). The number of rotatable bonds is 18. The molecule has 28 heavy (non-hydrogen) atoms. The van der Waals surface area contributed by atoms with Crippen LogP contribution in [0, 0.1) is 0 Å². The Morgan fingerprint density at radius 1 is 0.714 bits per heavy atom. The van der Waals surface area contributed by atoms with E-state index in [0.717, 1.165) is 24.1 Å². The highest BCUT2D eigenvalue weighted by molar-refractivity contribution is 5.83. The lowest BCUT2D eigenvalue weighted by Gasteiger charge is -2.08. The van der Waals surface area contributed by atoms with Crippen LogP contribution < -0.4 is 5.32 Å². The van der Waals surface area contributed by atoms with Crippen molar-refractivity contribution >= 4 is 11.8 Å². The number of hydrogen-bond donors (Lipinski definition) is 2. The minimum atomic E-state index is -0.987. The number of anilines is 1. The van der Waals surface area contributed by atoms with Gasteiger partial charge in [0.25, 0.3) is 0 Å². The van der Waals surface area contributed by atoms with E-state index in [9.17, 15) is 4.79 Å². The van der Waals surface area contributed by atoms with Crippen LogP contribution in [0.15, 0.2) is 24.3 Å². The van der Waals surface area contributed by atoms with Gasteiger partial charge in [0.1, 0.15) is 0 Å². The molecular formula is C25H43NO2. The number of amides is 1. The van der Waals surface area contributed by atoms with E-state index >= 15 is 0 Å². The number of aryl methyl sites for hydroxylation is 1. The molecule has 0 saturated heterocycles. The molecule has 0 aliphatic rings. The predicted molar refractivity (Wildman–Crippen MR) is 121 cm³/mol. The molecule has 1 aromatic rings. The van der Waals surface area contributed by atoms with Gasteiger partial charge in [-0.15, -0.1) is 0 Å². The summed E-state index contributed by atoms with van der Waals surface area (Å²) in [6.07, 6.45) is 21.9. The van der Waals surface area contributed by atoms with Crippen molar-refractivity contribution in [3.8, 4) is 0 Å². The average molecular weight is 390 g/mol. The van der Waals surface area contributed by atoms with E-state index in [2.05, 4.69) is 12.2 Å². The number of para-hydroxylation sites is 1. The molecule has 0 heterocycles. The average Bonchev–Trinajstić information content (AvgIpc) is 2.68. The van der Waals surface area contributed by atoms with E-state index in [-0.39, 0.29) is 0 Å². The van der Waals surface area contributed by atoms with Gasteiger partial charge in [0.15, 0.2) is 0 Å². The van der Waals surface area contributed by atoms with Gasteiger partial charge in [0.05, 0.1) is 0 Å². The third-order valence-corrected chi connectivity index (χ3v) is 5.56. The van der Waals surface area contributed by atoms with Gasteiger partial charge in [-0.3, -0.25) is 5.32 Å². The second-order valence-corrected chi connectivity index (χ2v) is 8.14. The van der Waals surface area contributed by atoms with Crippen LogP contribution >= 0.6 is 0 Å². The molecule has 3 heteroatoms. The zero-order valence-corrected chi connectivity index (χ0v) is 18.2. The fraction of sp³-hybridized carbons (Fsp3) is 0.720. The fourth-order valence-corrected chi connectivity index (χ4v) is 3.84. The summed E-state index contributed by atoms with van der Waals surface area (Å²) >= 11 is 0. The number of unbranched alkanes of at least 4 members (excludes halogenated alkanes) is 15. The van der Waals surface area contributed by atoms with E-state index in [1.807, 2.05) is 24.3 Å². The molecule has 1 amide bonds. The number of nitrogens with one attached hydrogen (secondary N) is 1. The smallest absolute Gasteiger partial charge is 0.409 e. The Hall–Kier alpha value is -1.51. The highest BCUT2D eigenvalue weighted by atomic mass is 16.4. The second kappa shape index (κ2) is 17.6. The Morgan fingerprint density at radius 3 is 1.61 bits per heavy atom. The molecule has 2 N–H and O–H groups in total. The molecule has 160 valence electrons. The van der Waals surface area contributed by atoms with Gasteiger partial charge in [-0.2, -0.15) is 0 Å². The number of hydrogen-bond acceptors (Lipinski definition) is 1. The van der Waals surface area contributed by atoms with Gasteiger partial charge in [-0.25, -0.2) is 4.79 Å².